The Morgan fingerprint density at radius 1 is 0.647 bits per heavy atom. The van der Waals surface area contributed by atoms with Gasteiger partial charge in [0.05, 0.1) is 5.69 Å². The van der Waals surface area contributed by atoms with E-state index in [1.54, 1.807) is 0 Å². The number of hydrogen-bond acceptors (Lipinski definition) is 1. The van der Waals surface area contributed by atoms with Crippen LogP contribution >= 0.6 is 0 Å². The third-order valence-electron chi connectivity index (χ3n) is 8.04. The highest BCUT2D eigenvalue weighted by Crippen LogP contribution is 2.39. The zero-order valence-corrected chi connectivity index (χ0v) is 21.1. The second-order valence-corrected chi connectivity index (χ2v) is 15.0. The van der Waals surface area contributed by atoms with Crippen molar-refractivity contribution in [3.05, 3.63) is 90.6 Å². The van der Waals surface area contributed by atoms with E-state index in [1.807, 2.05) is 6.20 Å². The van der Waals surface area contributed by atoms with Gasteiger partial charge in [-0.3, -0.25) is 4.98 Å². The molecule has 0 radical (unpaired) electrons. The van der Waals surface area contributed by atoms with E-state index >= 15 is 0 Å². The van der Waals surface area contributed by atoms with Crippen LogP contribution in [0, 0.1) is 0 Å². The molecule has 0 bridgehead atoms. The van der Waals surface area contributed by atoms with Crippen LogP contribution in [0.3, 0.4) is 0 Å². The lowest BCUT2D eigenvalue weighted by molar-refractivity contribution is 0.869. The standard InChI is InChI=1S/C32H27NSi/c1-19(2)21-10-9-20-11-12-24-25-13-14-33-32-28-16-22-7-5-6-8-23(22)17-29(28)34(3,4)30(31(25)32)18-27(24)26(20)15-21/h5-19H,1-4H3. The van der Waals surface area contributed by atoms with Crippen molar-refractivity contribution in [2.24, 2.45) is 0 Å². The molecule has 0 unspecified atom stereocenters. The molecule has 1 aliphatic heterocycles. The second-order valence-electron chi connectivity index (χ2n) is 10.7. The molecule has 7 rings (SSSR count). The molecule has 34 heavy (non-hydrogen) atoms. The molecule has 1 nitrogen and oxygen atoms in total. The van der Waals surface area contributed by atoms with Crippen LogP contribution in [0.5, 0.6) is 0 Å². The van der Waals surface area contributed by atoms with Gasteiger partial charge < -0.3 is 0 Å². The molecule has 164 valence electrons. The fourth-order valence-corrected chi connectivity index (χ4v) is 9.13. The van der Waals surface area contributed by atoms with Gasteiger partial charge in [0.1, 0.15) is 8.07 Å². The number of rotatable bonds is 1. The van der Waals surface area contributed by atoms with Gasteiger partial charge in [0.2, 0.25) is 0 Å². The molecule has 0 N–H and O–H groups in total. The molecule has 6 aromatic rings. The zero-order chi connectivity index (χ0) is 23.2. The van der Waals surface area contributed by atoms with Crippen LogP contribution in [0.4, 0.5) is 0 Å². The summed E-state index contributed by atoms with van der Waals surface area (Å²) in [7, 11) is -1.96. The van der Waals surface area contributed by atoms with Crippen LogP contribution in [0.2, 0.25) is 13.1 Å². The lowest BCUT2D eigenvalue weighted by Crippen LogP contribution is -2.56. The van der Waals surface area contributed by atoms with Crippen molar-refractivity contribution in [1.29, 1.82) is 0 Å². The second kappa shape index (κ2) is 6.77. The largest absolute Gasteiger partial charge is 0.256 e. The van der Waals surface area contributed by atoms with E-state index in [2.05, 4.69) is 106 Å². The number of nitrogens with zero attached hydrogens (tertiary/aromatic N) is 1. The molecular weight excluding hydrogens is 426 g/mol. The lowest BCUT2D eigenvalue weighted by atomic mass is 9.92. The van der Waals surface area contributed by atoms with Crippen molar-refractivity contribution in [2.45, 2.75) is 32.9 Å². The summed E-state index contributed by atoms with van der Waals surface area (Å²) in [4.78, 5) is 4.98. The molecule has 0 amide bonds. The monoisotopic (exact) mass is 453 g/mol. The Morgan fingerprint density at radius 3 is 2.21 bits per heavy atom. The van der Waals surface area contributed by atoms with E-state index in [0.717, 1.165) is 5.69 Å². The van der Waals surface area contributed by atoms with E-state index in [0.29, 0.717) is 5.92 Å². The molecule has 0 saturated carbocycles. The number of hydrogen-bond donors (Lipinski definition) is 0. The van der Waals surface area contributed by atoms with E-state index in [9.17, 15) is 0 Å². The van der Waals surface area contributed by atoms with Crippen LogP contribution in [-0.2, 0) is 0 Å². The summed E-state index contributed by atoms with van der Waals surface area (Å²) in [6.45, 7) is 9.59. The van der Waals surface area contributed by atoms with Crippen molar-refractivity contribution in [2.75, 3.05) is 0 Å². The van der Waals surface area contributed by atoms with Gasteiger partial charge in [0.25, 0.3) is 0 Å². The summed E-state index contributed by atoms with van der Waals surface area (Å²) < 4.78 is 0. The quantitative estimate of drug-likeness (QED) is 0.184. The topological polar surface area (TPSA) is 12.9 Å². The average Bonchev–Trinajstić information content (AvgIpc) is 2.85. The highest BCUT2D eigenvalue weighted by atomic mass is 28.3. The van der Waals surface area contributed by atoms with Crippen molar-refractivity contribution >= 4 is 61.5 Å². The van der Waals surface area contributed by atoms with Gasteiger partial charge in [-0.05, 0) is 71.7 Å². The first-order valence-corrected chi connectivity index (χ1v) is 15.3. The lowest BCUT2D eigenvalue weighted by Gasteiger charge is -2.34. The molecule has 2 heteroatoms. The van der Waals surface area contributed by atoms with Gasteiger partial charge in [-0.1, -0.05) is 93.7 Å². The van der Waals surface area contributed by atoms with E-state index in [4.69, 9.17) is 4.98 Å². The molecule has 0 fully saturated rings. The van der Waals surface area contributed by atoms with Crippen molar-refractivity contribution in [3.8, 4) is 11.3 Å². The molecule has 0 spiro atoms. The van der Waals surface area contributed by atoms with Crippen molar-refractivity contribution in [1.82, 2.24) is 4.98 Å². The molecule has 0 aliphatic carbocycles. The maximum absolute atomic E-state index is 4.98. The molecular formula is C32H27NSi. The Hall–Kier alpha value is -3.49. The van der Waals surface area contributed by atoms with Crippen molar-refractivity contribution < 1.29 is 0 Å². The van der Waals surface area contributed by atoms with Gasteiger partial charge in [-0.15, -0.1) is 0 Å². The van der Waals surface area contributed by atoms with Gasteiger partial charge in [-0.25, -0.2) is 0 Å². The molecule has 1 aromatic heterocycles. The molecule has 5 aromatic carbocycles. The molecule has 0 saturated heterocycles. The van der Waals surface area contributed by atoms with E-state index < -0.39 is 8.07 Å². The average molecular weight is 454 g/mol. The summed E-state index contributed by atoms with van der Waals surface area (Å²) in [5.74, 6) is 0.514. The first-order valence-electron chi connectivity index (χ1n) is 12.3. The highest BCUT2D eigenvalue weighted by Gasteiger charge is 2.37. The first-order chi connectivity index (χ1) is 16.4. The summed E-state index contributed by atoms with van der Waals surface area (Å²) in [5, 5.41) is 13.8. The van der Waals surface area contributed by atoms with Crippen LogP contribution in [0.25, 0.3) is 54.3 Å². The number of fused-ring (bicyclic) bond motifs is 7. The highest BCUT2D eigenvalue weighted by molar-refractivity contribution is 7.03. The smallest absolute Gasteiger partial charge is 0.114 e. The Labute approximate surface area is 201 Å². The molecule has 2 heterocycles. The minimum absolute atomic E-state index is 0.514. The fraction of sp³-hybridized carbons (Fsp3) is 0.156. The third kappa shape index (κ3) is 2.58. The minimum Gasteiger partial charge on any atom is -0.256 e. The summed E-state index contributed by atoms with van der Waals surface area (Å²) in [6, 6.07) is 29.9. The Kier molecular flexibility index (Phi) is 3.97. The predicted molar refractivity (Wildman–Crippen MR) is 151 cm³/mol. The van der Waals surface area contributed by atoms with E-state index in [-0.39, 0.29) is 0 Å². The Bertz CT molecular complexity index is 1810. The number of benzene rings is 5. The SMILES string of the molecule is CC(C)c1ccc2ccc3c4ccnc5c4c(cc3c2c1)[Si](C)(C)c1cc2ccccc2cc1-5. The van der Waals surface area contributed by atoms with Crippen LogP contribution in [0.15, 0.2) is 85.1 Å². The summed E-state index contributed by atoms with van der Waals surface area (Å²) >= 11 is 0. The normalized spacial score (nSPS) is 14.4. The van der Waals surface area contributed by atoms with Gasteiger partial charge in [0, 0.05) is 17.1 Å². The maximum atomic E-state index is 4.98. The minimum atomic E-state index is -1.96. The molecule has 1 aliphatic rings. The summed E-state index contributed by atoms with van der Waals surface area (Å²) in [6.07, 6.45) is 2.01. The first kappa shape index (κ1) is 19.9. The fourth-order valence-electron chi connectivity index (χ4n) is 6.08. The van der Waals surface area contributed by atoms with Crippen LogP contribution in [0.1, 0.15) is 25.3 Å². The Morgan fingerprint density at radius 2 is 1.41 bits per heavy atom. The molecule has 0 atom stereocenters. The number of pyridine rings is 1. The van der Waals surface area contributed by atoms with Crippen LogP contribution < -0.4 is 10.4 Å². The van der Waals surface area contributed by atoms with Gasteiger partial charge >= 0.3 is 0 Å². The van der Waals surface area contributed by atoms with Gasteiger partial charge in [0.15, 0.2) is 0 Å². The van der Waals surface area contributed by atoms with E-state index in [1.165, 1.54) is 64.6 Å². The zero-order valence-electron chi connectivity index (χ0n) is 20.1. The summed E-state index contributed by atoms with van der Waals surface area (Å²) in [5.41, 5.74) is 3.88. The predicted octanol–water partition coefficient (Wildman–Crippen LogP) is 7.62. The van der Waals surface area contributed by atoms with Crippen molar-refractivity contribution in [3.63, 3.8) is 0 Å². The van der Waals surface area contributed by atoms with Gasteiger partial charge in [-0.2, -0.15) is 0 Å². The third-order valence-corrected chi connectivity index (χ3v) is 11.5. The maximum Gasteiger partial charge on any atom is 0.114 e. The number of aromatic nitrogens is 1. The Balaban J connectivity index is 1.67. The van der Waals surface area contributed by atoms with Crippen LogP contribution in [-0.4, -0.2) is 13.1 Å².